The highest BCUT2D eigenvalue weighted by Crippen LogP contribution is 2.19. The minimum absolute atomic E-state index is 1.11. The Bertz CT molecular complexity index is 266. The minimum Gasteiger partial charge on any atom is -0.356 e. The Kier molecular flexibility index (Phi) is 1.94. The molecule has 2 rings (SSSR count). The Labute approximate surface area is 72.4 Å². The summed E-state index contributed by atoms with van der Waals surface area (Å²) in [5, 5.41) is 0. The number of nitrogens with zero attached hydrogens (tertiary/aromatic N) is 3. The standard InChI is InChI=1S/C9H13N3/c1-8-6-10-7-11-9(8)12-4-2-3-5-12/h6-7H,2-5H2,1H3. The fourth-order valence-corrected chi connectivity index (χ4v) is 1.65. The first-order valence-corrected chi connectivity index (χ1v) is 4.39. The van der Waals surface area contributed by atoms with Gasteiger partial charge in [-0.25, -0.2) is 9.97 Å². The number of aromatic nitrogens is 2. The summed E-state index contributed by atoms with van der Waals surface area (Å²) in [6.45, 7) is 4.36. The van der Waals surface area contributed by atoms with Gasteiger partial charge in [-0.15, -0.1) is 0 Å². The van der Waals surface area contributed by atoms with E-state index in [-0.39, 0.29) is 0 Å². The van der Waals surface area contributed by atoms with E-state index >= 15 is 0 Å². The topological polar surface area (TPSA) is 29.0 Å². The maximum Gasteiger partial charge on any atom is 0.134 e. The molecule has 0 amide bonds. The first-order valence-electron chi connectivity index (χ1n) is 4.39. The van der Waals surface area contributed by atoms with E-state index in [4.69, 9.17) is 0 Å². The highest BCUT2D eigenvalue weighted by atomic mass is 15.2. The molecule has 0 aliphatic carbocycles. The SMILES string of the molecule is Cc1cncnc1N1CCCC1. The zero-order valence-corrected chi connectivity index (χ0v) is 7.32. The van der Waals surface area contributed by atoms with Crippen molar-refractivity contribution in [2.75, 3.05) is 18.0 Å². The van der Waals surface area contributed by atoms with Crippen LogP contribution >= 0.6 is 0 Å². The van der Waals surface area contributed by atoms with Gasteiger partial charge in [-0.1, -0.05) is 0 Å². The van der Waals surface area contributed by atoms with Crippen molar-refractivity contribution in [3.63, 3.8) is 0 Å². The molecule has 1 aliphatic rings. The molecule has 12 heavy (non-hydrogen) atoms. The summed E-state index contributed by atoms with van der Waals surface area (Å²) in [5.41, 5.74) is 1.18. The average molecular weight is 163 g/mol. The molecule has 1 aromatic rings. The van der Waals surface area contributed by atoms with E-state index in [1.165, 1.54) is 18.4 Å². The molecular formula is C9H13N3. The average Bonchev–Trinajstić information content (AvgIpc) is 2.57. The van der Waals surface area contributed by atoms with Gasteiger partial charge in [0, 0.05) is 24.8 Å². The lowest BCUT2D eigenvalue weighted by Gasteiger charge is -2.17. The third-order valence-electron chi connectivity index (χ3n) is 2.27. The third kappa shape index (κ3) is 1.26. The van der Waals surface area contributed by atoms with Crippen molar-refractivity contribution in [1.29, 1.82) is 0 Å². The minimum atomic E-state index is 1.11. The lowest BCUT2D eigenvalue weighted by atomic mass is 10.3. The predicted molar refractivity (Wildman–Crippen MR) is 48.2 cm³/mol. The van der Waals surface area contributed by atoms with E-state index in [0.29, 0.717) is 0 Å². The number of hydrogen-bond acceptors (Lipinski definition) is 3. The molecule has 2 heterocycles. The maximum atomic E-state index is 4.28. The zero-order chi connectivity index (χ0) is 8.39. The number of anilines is 1. The molecule has 0 radical (unpaired) electrons. The maximum absolute atomic E-state index is 4.28. The lowest BCUT2D eigenvalue weighted by molar-refractivity contribution is 0.915. The lowest BCUT2D eigenvalue weighted by Crippen LogP contribution is -2.20. The Morgan fingerprint density at radius 1 is 1.33 bits per heavy atom. The second kappa shape index (κ2) is 3.09. The van der Waals surface area contributed by atoms with Crippen LogP contribution in [0.15, 0.2) is 12.5 Å². The zero-order valence-electron chi connectivity index (χ0n) is 7.32. The van der Waals surface area contributed by atoms with Crippen molar-refractivity contribution in [3.8, 4) is 0 Å². The molecule has 0 bridgehead atoms. The quantitative estimate of drug-likeness (QED) is 0.626. The monoisotopic (exact) mass is 163 g/mol. The largest absolute Gasteiger partial charge is 0.356 e. The van der Waals surface area contributed by atoms with Crippen molar-refractivity contribution in [2.24, 2.45) is 0 Å². The van der Waals surface area contributed by atoms with Gasteiger partial charge in [0.05, 0.1) is 0 Å². The van der Waals surface area contributed by atoms with Crippen LogP contribution in [0.4, 0.5) is 5.82 Å². The molecule has 0 unspecified atom stereocenters. The summed E-state index contributed by atoms with van der Waals surface area (Å²) in [7, 11) is 0. The van der Waals surface area contributed by atoms with Crippen LogP contribution in [0.25, 0.3) is 0 Å². The molecule has 64 valence electrons. The summed E-state index contributed by atoms with van der Waals surface area (Å²) in [6, 6.07) is 0. The molecule has 3 nitrogen and oxygen atoms in total. The number of rotatable bonds is 1. The number of aryl methyl sites for hydroxylation is 1. The normalized spacial score (nSPS) is 16.9. The molecule has 0 saturated carbocycles. The van der Waals surface area contributed by atoms with Crippen molar-refractivity contribution in [2.45, 2.75) is 19.8 Å². The Hall–Kier alpha value is -1.12. The van der Waals surface area contributed by atoms with Gasteiger partial charge in [0.25, 0.3) is 0 Å². The Morgan fingerprint density at radius 2 is 2.08 bits per heavy atom. The van der Waals surface area contributed by atoms with Crippen LogP contribution in [0.3, 0.4) is 0 Å². The Balaban J connectivity index is 2.26. The van der Waals surface area contributed by atoms with Gasteiger partial charge in [-0.05, 0) is 19.8 Å². The molecule has 0 spiro atoms. The van der Waals surface area contributed by atoms with E-state index in [1.807, 2.05) is 6.20 Å². The first kappa shape index (κ1) is 7.53. The molecule has 1 aliphatic heterocycles. The highest BCUT2D eigenvalue weighted by Gasteiger charge is 2.14. The Morgan fingerprint density at radius 3 is 2.75 bits per heavy atom. The summed E-state index contributed by atoms with van der Waals surface area (Å²) in [5.74, 6) is 1.11. The van der Waals surface area contributed by atoms with Crippen LogP contribution < -0.4 is 4.90 Å². The van der Waals surface area contributed by atoms with E-state index in [1.54, 1.807) is 6.33 Å². The van der Waals surface area contributed by atoms with Crippen molar-refractivity contribution >= 4 is 5.82 Å². The van der Waals surface area contributed by atoms with Crippen LogP contribution in [0.2, 0.25) is 0 Å². The van der Waals surface area contributed by atoms with E-state index in [9.17, 15) is 0 Å². The van der Waals surface area contributed by atoms with Crippen LogP contribution in [-0.2, 0) is 0 Å². The van der Waals surface area contributed by atoms with Crippen molar-refractivity contribution in [1.82, 2.24) is 9.97 Å². The third-order valence-corrected chi connectivity index (χ3v) is 2.27. The molecule has 1 fully saturated rings. The molecule has 1 saturated heterocycles. The van der Waals surface area contributed by atoms with Gasteiger partial charge in [-0.2, -0.15) is 0 Å². The van der Waals surface area contributed by atoms with Crippen LogP contribution in [0.5, 0.6) is 0 Å². The van der Waals surface area contributed by atoms with Crippen molar-refractivity contribution in [3.05, 3.63) is 18.1 Å². The summed E-state index contributed by atoms with van der Waals surface area (Å²) in [4.78, 5) is 10.6. The molecule has 3 heteroatoms. The molecule has 1 aromatic heterocycles. The molecular weight excluding hydrogens is 150 g/mol. The fraction of sp³-hybridized carbons (Fsp3) is 0.556. The van der Waals surface area contributed by atoms with Gasteiger partial charge in [0.2, 0.25) is 0 Å². The van der Waals surface area contributed by atoms with Gasteiger partial charge < -0.3 is 4.90 Å². The second-order valence-electron chi connectivity index (χ2n) is 3.22. The summed E-state index contributed by atoms with van der Waals surface area (Å²) < 4.78 is 0. The fourth-order valence-electron chi connectivity index (χ4n) is 1.65. The summed E-state index contributed by atoms with van der Waals surface area (Å²) >= 11 is 0. The van der Waals surface area contributed by atoms with Gasteiger partial charge >= 0.3 is 0 Å². The van der Waals surface area contributed by atoms with Crippen molar-refractivity contribution < 1.29 is 0 Å². The first-order chi connectivity index (χ1) is 5.88. The van der Waals surface area contributed by atoms with Crippen LogP contribution in [0, 0.1) is 6.92 Å². The van der Waals surface area contributed by atoms with E-state index in [0.717, 1.165) is 18.9 Å². The second-order valence-corrected chi connectivity index (χ2v) is 3.22. The smallest absolute Gasteiger partial charge is 0.134 e. The van der Waals surface area contributed by atoms with E-state index in [2.05, 4.69) is 21.8 Å². The van der Waals surface area contributed by atoms with Gasteiger partial charge in [0.15, 0.2) is 0 Å². The summed E-state index contributed by atoms with van der Waals surface area (Å²) in [6.07, 6.45) is 6.09. The molecule has 0 N–H and O–H groups in total. The predicted octanol–water partition coefficient (Wildman–Crippen LogP) is 1.39. The van der Waals surface area contributed by atoms with Crippen LogP contribution in [0.1, 0.15) is 18.4 Å². The highest BCUT2D eigenvalue weighted by molar-refractivity contribution is 5.45. The molecule has 0 aromatic carbocycles. The number of hydrogen-bond donors (Lipinski definition) is 0. The van der Waals surface area contributed by atoms with Gasteiger partial charge in [-0.3, -0.25) is 0 Å². The van der Waals surface area contributed by atoms with Gasteiger partial charge in [0.1, 0.15) is 12.1 Å². The molecule has 0 atom stereocenters. The van der Waals surface area contributed by atoms with E-state index < -0.39 is 0 Å². The van der Waals surface area contributed by atoms with Crippen LogP contribution in [-0.4, -0.2) is 23.1 Å².